The van der Waals surface area contributed by atoms with Crippen molar-refractivity contribution in [1.29, 1.82) is 0 Å². The normalized spacial score (nSPS) is 19.0. The van der Waals surface area contributed by atoms with Crippen LogP contribution in [0.3, 0.4) is 0 Å². The van der Waals surface area contributed by atoms with Crippen LogP contribution in [0.1, 0.15) is 23.4 Å². The van der Waals surface area contributed by atoms with Gasteiger partial charge >= 0.3 is 5.69 Å². The lowest BCUT2D eigenvalue weighted by Crippen LogP contribution is -2.43. The first-order chi connectivity index (χ1) is 16.5. The maximum absolute atomic E-state index is 11.5. The Hall–Kier alpha value is -3.28. The van der Waals surface area contributed by atoms with E-state index >= 15 is 0 Å². The number of nitrogens with zero attached hydrogens (tertiary/aromatic N) is 6. The van der Waals surface area contributed by atoms with Crippen LogP contribution in [0, 0.1) is 0 Å². The van der Waals surface area contributed by atoms with E-state index < -0.39 is 5.69 Å². The Balaban J connectivity index is 1.40. The standard InChI is InChI=1S/C23H26N8O2S/c1-29-6-8-30(9-7-29)13-16-4-5-19(34-16)17-11-20(25-15-2-3-15)31-21(26-17)14(12-24-31)10-18-22(32)28-23(33)27-18/h4-5,10-12,15,32H,2-3,6-9,13H2,1H3,(H2,27,28,33). The van der Waals surface area contributed by atoms with Gasteiger partial charge in [0.1, 0.15) is 5.69 Å². The van der Waals surface area contributed by atoms with Gasteiger partial charge in [0.25, 0.3) is 0 Å². The van der Waals surface area contributed by atoms with Crippen molar-refractivity contribution < 1.29 is 5.11 Å². The minimum absolute atomic E-state index is 0.213. The monoisotopic (exact) mass is 478 g/mol. The summed E-state index contributed by atoms with van der Waals surface area (Å²) >= 11 is 1.76. The van der Waals surface area contributed by atoms with Gasteiger partial charge in [0, 0.05) is 48.9 Å². The molecule has 2 fully saturated rings. The van der Waals surface area contributed by atoms with Crippen LogP contribution in [0.2, 0.25) is 0 Å². The van der Waals surface area contributed by atoms with E-state index in [1.54, 1.807) is 28.1 Å². The molecule has 5 heterocycles. The van der Waals surface area contributed by atoms with Gasteiger partial charge in [0.2, 0.25) is 5.88 Å². The molecule has 1 aliphatic heterocycles. The molecule has 0 atom stereocenters. The molecule has 176 valence electrons. The van der Waals surface area contributed by atoms with Crippen molar-refractivity contribution in [2.24, 2.45) is 4.99 Å². The molecule has 3 N–H and O–H groups in total. The molecule has 1 aliphatic carbocycles. The van der Waals surface area contributed by atoms with Gasteiger partial charge in [0.15, 0.2) is 11.1 Å². The summed E-state index contributed by atoms with van der Waals surface area (Å²) in [5.41, 5.74) is 2.07. The predicted octanol–water partition coefficient (Wildman–Crippen LogP) is 0.538. The first kappa shape index (κ1) is 21.3. The Morgan fingerprint density at radius 1 is 1.24 bits per heavy atom. The van der Waals surface area contributed by atoms with Crippen molar-refractivity contribution in [3.05, 3.63) is 56.2 Å². The summed E-state index contributed by atoms with van der Waals surface area (Å²) in [4.78, 5) is 33.5. The fraction of sp³-hybridized carbons (Fsp3) is 0.391. The van der Waals surface area contributed by atoms with Crippen LogP contribution < -0.4 is 16.4 Å². The van der Waals surface area contributed by atoms with E-state index in [0.717, 1.165) is 61.6 Å². The van der Waals surface area contributed by atoms with E-state index in [0.29, 0.717) is 22.6 Å². The summed E-state index contributed by atoms with van der Waals surface area (Å²) in [6, 6.07) is 6.65. The van der Waals surface area contributed by atoms with Crippen molar-refractivity contribution in [3.63, 3.8) is 0 Å². The number of rotatable bonds is 5. The third-order valence-electron chi connectivity index (χ3n) is 6.27. The molecule has 0 aromatic carbocycles. The number of aromatic hydroxyl groups is 1. The van der Waals surface area contributed by atoms with Crippen LogP contribution in [0.4, 0.5) is 0 Å². The van der Waals surface area contributed by atoms with E-state index in [1.807, 2.05) is 6.07 Å². The number of aromatic amines is 2. The Labute approximate surface area is 198 Å². The molecule has 0 unspecified atom stereocenters. The number of fused-ring (bicyclic) bond motifs is 1. The summed E-state index contributed by atoms with van der Waals surface area (Å²) in [5.74, 6) is -0.213. The van der Waals surface area contributed by atoms with Gasteiger partial charge in [-0.3, -0.25) is 14.9 Å². The quantitative estimate of drug-likeness (QED) is 0.385. The third-order valence-corrected chi connectivity index (χ3v) is 7.36. The Morgan fingerprint density at radius 3 is 2.79 bits per heavy atom. The Morgan fingerprint density at radius 2 is 2.06 bits per heavy atom. The lowest BCUT2D eigenvalue weighted by atomic mass is 10.3. The highest BCUT2D eigenvalue weighted by Crippen LogP contribution is 2.28. The molecule has 34 heavy (non-hydrogen) atoms. The van der Waals surface area contributed by atoms with E-state index in [4.69, 9.17) is 9.98 Å². The van der Waals surface area contributed by atoms with Gasteiger partial charge < -0.3 is 15.0 Å². The average Bonchev–Trinajstić information content (AvgIpc) is 3.20. The molecule has 4 aromatic heterocycles. The maximum atomic E-state index is 11.5. The zero-order chi connectivity index (χ0) is 23.2. The molecule has 4 aromatic rings. The molecule has 0 amide bonds. The number of H-pyrrole nitrogens is 2. The summed E-state index contributed by atoms with van der Waals surface area (Å²) in [7, 11) is 2.17. The van der Waals surface area contributed by atoms with Crippen LogP contribution >= 0.6 is 11.3 Å². The second-order valence-corrected chi connectivity index (χ2v) is 10.2. The zero-order valence-electron chi connectivity index (χ0n) is 18.9. The minimum atomic E-state index is -0.468. The van der Waals surface area contributed by atoms with Crippen LogP contribution in [0.25, 0.3) is 22.3 Å². The highest BCUT2D eigenvalue weighted by molar-refractivity contribution is 7.15. The number of hydrogen-bond acceptors (Lipinski definition) is 8. The summed E-state index contributed by atoms with van der Waals surface area (Å²) < 4.78 is 1.73. The Kier molecular flexibility index (Phi) is 5.31. The van der Waals surface area contributed by atoms with Crippen molar-refractivity contribution >= 4 is 23.1 Å². The summed E-state index contributed by atoms with van der Waals surface area (Å²) in [5, 5.41) is 15.2. The SMILES string of the molecule is CN1CCN(Cc2ccc(-c3cc(=NC4CC4)n4ncc(=Cc5[nH]c(=O)[nH]c5O)c4n3)s2)CC1. The summed E-state index contributed by atoms with van der Waals surface area (Å²) in [6.45, 7) is 5.32. The molecular weight excluding hydrogens is 452 g/mol. The van der Waals surface area contributed by atoms with E-state index in [1.165, 1.54) is 4.88 Å². The van der Waals surface area contributed by atoms with Crippen molar-refractivity contribution in [3.8, 4) is 16.5 Å². The lowest BCUT2D eigenvalue weighted by Gasteiger charge is -2.31. The van der Waals surface area contributed by atoms with Gasteiger partial charge in [0.05, 0.1) is 22.8 Å². The van der Waals surface area contributed by atoms with Crippen LogP contribution in [0.5, 0.6) is 5.88 Å². The largest absolute Gasteiger partial charge is 0.493 e. The van der Waals surface area contributed by atoms with Gasteiger partial charge in [-0.2, -0.15) is 9.61 Å². The zero-order valence-corrected chi connectivity index (χ0v) is 19.7. The van der Waals surface area contributed by atoms with E-state index in [-0.39, 0.29) is 5.88 Å². The molecule has 0 bridgehead atoms. The smallest absolute Gasteiger partial charge is 0.326 e. The number of imidazole rings is 1. The molecule has 0 spiro atoms. The highest BCUT2D eigenvalue weighted by atomic mass is 32.1. The lowest BCUT2D eigenvalue weighted by molar-refractivity contribution is 0.149. The van der Waals surface area contributed by atoms with Crippen molar-refractivity contribution in [2.45, 2.75) is 25.4 Å². The molecular formula is C23H26N8O2S. The number of hydrogen-bond donors (Lipinski definition) is 3. The number of thiophene rings is 1. The first-order valence-electron chi connectivity index (χ1n) is 11.5. The second kappa shape index (κ2) is 8.49. The highest BCUT2D eigenvalue weighted by Gasteiger charge is 2.21. The Bertz CT molecular complexity index is 1520. The fourth-order valence-electron chi connectivity index (χ4n) is 4.15. The van der Waals surface area contributed by atoms with Crippen molar-refractivity contribution in [2.75, 3.05) is 33.2 Å². The number of aromatic nitrogens is 5. The van der Waals surface area contributed by atoms with Crippen LogP contribution in [0.15, 0.2) is 34.2 Å². The first-order valence-corrected chi connectivity index (χ1v) is 12.3. The van der Waals surface area contributed by atoms with E-state index in [9.17, 15) is 9.90 Å². The average molecular weight is 479 g/mol. The number of nitrogens with one attached hydrogen (secondary N) is 2. The van der Waals surface area contributed by atoms with Crippen LogP contribution in [-0.4, -0.2) is 78.7 Å². The maximum Gasteiger partial charge on any atom is 0.326 e. The van der Waals surface area contributed by atoms with E-state index in [2.05, 4.69) is 44.0 Å². The number of piperazine rings is 1. The van der Waals surface area contributed by atoms with Crippen LogP contribution in [-0.2, 0) is 6.54 Å². The molecule has 2 aliphatic rings. The predicted molar refractivity (Wildman–Crippen MR) is 130 cm³/mol. The molecule has 1 saturated heterocycles. The van der Waals surface area contributed by atoms with Gasteiger partial charge in [-0.15, -0.1) is 11.3 Å². The topological polar surface area (TPSA) is 118 Å². The minimum Gasteiger partial charge on any atom is -0.493 e. The third kappa shape index (κ3) is 4.29. The molecule has 0 radical (unpaired) electrons. The fourth-order valence-corrected chi connectivity index (χ4v) is 5.16. The molecule has 1 saturated carbocycles. The molecule has 11 heteroatoms. The summed E-state index contributed by atoms with van der Waals surface area (Å²) in [6.07, 6.45) is 5.52. The van der Waals surface area contributed by atoms with Gasteiger partial charge in [-0.1, -0.05) is 0 Å². The van der Waals surface area contributed by atoms with Crippen molar-refractivity contribution in [1.82, 2.24) is 34.4 Å². The molecule has 10 nitrogen and oxygen atoms in total. The van der Waals surface area contributed by atoms with Gasteiger partial charge in [-0.05, 0) is 38.1 Å². The van der Waals surface area contributed by atoms with Gasteiger partial charge in [-0.25, -0.2) is 9.78 Å². The number of likely N-dealkylation sites (N-methyl/N-ethyl adjacent to an activating group) is 1. The molecule has 6 rings (SSSR count). The second-order valence-electron chi connectivity index (χ2n) is 9.03.